The van der Waals surface area contributed by atoms with Crippen LogP contribution in [0.2, 0.25) is 0 Å². The molecular weight excluding hydrogens is 206 g/mol. The van der Waals surface area contributed by atoms with E-state index >= 15 is 0 Å². The van der Waals surface area contributed by atoms with Crippen molar-refractivity contribution in [1.82, 2.24) is 4.90 Å². The molecule has 1 nitrogen and oxygen atoms in total. The summed E-state index contributed by atoms with van der Waals surface area (Å²) < 4.78 is 0. The van der Waals surface area contributed by atoms with Crippen LogP contribution in [0.1, 0.15) is 74.7 Å². The third kappa shape index (κ3) is 13.9. The van der Waals surface area contributed by atoms with Crippen LogP contribution in [0.4, 0.5) is 0 Å². The summed E-state index contributed by atoms with van der Waals surface area (Å²) in [7, 11) is 2.22. The van der Waals surface area contributed by atoms with Crippen molar-refractivity contribution >= 4 is 0 Å². The molecule has 0 N–H and O–H groups in total. The molecule has 1 aliphatic heterocycles. The lowest BCUT2D eigenvalue weighted by molar-refractivity contribution is 0.152. The molecule has 17 heavy (non-hydrogen) atoms. The Bertz CT molecular complexity index is 112. The van der Waals surface area contributed by atoms with Gasteiger partial charge in [-0.1, -0.05) is 68.2 Å². The minimum absolute atomic E-state index is 0.920. The molecule has 0 saturated carbocycles. The van der Waals surface area contributed by atoms with Gasteiger partial charge in [-0.3, -0.25) is 0 Å². The summed E-state index contributed by atoms with van der Waals surface area (Å²) in [5.41, 5.74) is 0. The summed E-state index contributed by atoms with van der Waals surface area (Å²) >= 11 is 0. The second-order valence-electron chi connectivity index (χ2n) is 4.40. The first kappa shape index (κ1) is 22.2. The highest BCUT2D eigenvalue weighted by Gasteiger charge is 2.21. The van der Waals surface area contributed by atoms with E-state index in [0.29, 0.717) is 0 Å². The van der Waals surface area contributed by atoms with Crippen LogP contribution in [0.5, 0.6) is 0 Å². The molecule has 2 atom stereocenters. The first-order chi connectivity index (χ1) is 8.15. The molecule has 0 amide bonds. The van der Waals surface area contributed by atoms with E-state index in [9.17, 15) is 0 Å². The van der Waals surface area contributed by atoms with E-state index < -0.39 is 0 Å². The molecule has 0 radical (unpaired) electrons. The van der Waals surface area contributed by atoms with Crippen LogP contribution in [0.3, 0.4) is 0 Å². The van der Waals surface area contributed by atoms with Gasteiger partial charge in [0.05, 0.1) is 0 Å². The maximum absolute atomic E-state index is 2.44. The lowest BCUT2D eigenvalue weighted by atomic mass is 9.85. The third-order valence-electron chi connectivity index (χ3n) is 2.81. The van der Waals surface area contributed by atoms with Crippen molar-refractivity contribution in [3.63, 3.8) is 0 Å². The number of hydrogen-bond acceptors (Lipinski definition) is 1. The SMILES string of the molecule is CC.CC.CCC.CCC1CCN(C)CC1C. The maximum atomic E-state index is 2.44. The van der Waals surface area contributed by atoms with E-state index in [4.69, 9.17) is 0 Å². The van der Waals surface area contributed by atoms with Crippen molar-refractivity contribution in [2.45, 2.75) is 74.7 Å². The Labute approximate surface area is 112 Å². The average Bonchev–Trinajstić information content (AvgIpc) is 2.35. The fourth-order valence-electron chi connectivity index (χ4n) is 2.01. The van der Waals surface area contributed by atoms with Gasteiger partial charge in [-0.05, 0) is 31.8 Å². The largest absolute Gasteiger partial charge is 0.306 e. The number of nitrogens with zero attached hydrogens (tertiary/aromatic N) is 1. The van der Waals surface area contributed by atoms with Gasteiger partial charge in [0, 0.05) is 6.54 Å². The Morgan fingerprint density at radius 3 is 1.71 bits per heavy atom. The molecule has 0 aromatic heterocycles. The Morgan fingerprint density at radius 1 is 1.00 bits per heavy atom. The Morgan fingerprint density at radius 2 is 1.41 bits per heavy atom. The van der Waals surface area contributed by atoms with Gasteiger partial charge in [-0.25, -0.2) is 0 Å². The van der Waals surface area contributed by atoms with Gasteiger partial charge in [-0.2, -0.15) is 0 Å². The van der Waals surface area contributed by atoms with E-state index in [1.807, 2.05) is 27.7 Å². The molecule has 1 aliphatic rings. The van der Waals surface area contributed by atoms with E-state index in [0.717, 1.165) is 11.8 Å². The quantitative estimate of drug-likeness (QED) is 0.593. The number of likely N-dealkylation sites (tertiary alicyclic amines) is 1. The van der Waals surface area contributed by atoms with Gasteiger partial charge in [0.2, 0.25) is 0 Å². The van der Waals surface area contributed by atoms with Crippen LogP contribution in [-0.2, 0) is 0 Å². The summed E-state index contributed by atoms with van der Waals surface area (Å²) in [5, 5.41) is 0. The first-order valence-corrected chi connectivity index (χ1v) is 7.84. The lowest BCUT2D eigenvalue weighted by Crippen LogP contribution is -2.36. The average molecular weight is 245 g/mol. The zero-order valence-electron chi connectivity index (χ0n) is 14.1. The Hall–Kier alpha value is -0.0400. The Kier molecular flexibility index (Phi) is 23.9. The first-order valence-electron chi connectivity index (χ1n) is 7.84. The van der Waals surface area contributed by atoms with Gasteiger partial charge >= 0.3 is 0 Å². The van der Waals surface area contributed by atoms with E-state index in [1.54, 1.807) is 0 Å². The van der Waals surface area contributed by atoms with Crippen molar-refractivity contribution in [2.24, 2.45) is 11.8 Å². The van der Waals surface area contributed by atoms with Crippen molar-refractivity contribution in [1.29, 1.82) is 0 Å². The summed E-state index contributed by atoms with van der Waals surface area (Å²) in [6.45, 7) is 19.6. The van der Waals surface area contributed by atoms with Crippen molar-refractivity contribution in [2.75, 3.05) is 20.1 Å². The highest BCUT2D eigenvalue weighted by molar-refractivity contribution is 4.74. The summed E-state index contributed by atoms with van der Waals surface area (Å²) in [6, 6.07) is 0. The van der Waals surface area contributed by atoms with Gasteiger partial charge < -0.3 is 4.90 Å². The normalized spacial score (nSPS) is 23.1. The maximum Gasteiger partial charge on any atom is 0.000662 e. The van der Waals surface area contributed by atoms with E-state index in [-0.39, 0.29) is 0 Å². The molecule has 1 rings (SSSR count). The minimum atomic E-state index is 0.920. The number of hydrogen-bond donors (Lipinski definition) is 0. The second kappa shape index (κ2) is 18.3. The molecule has 0 bridgehead atoms. The fraction of sp³-hybridized carbons (Fsp3) is 1.00. The third-order valence-corrected chi connectivity index (χ3v) is 2.81. The highest BCUT2D eigenvalue weighted by atomic mass is 15.1. The topological polar surface area (TPSA) is 3.24 Å². The zero-order valence-corrected chi connectivity index (χ0v) is 14.1. The van der Waals surface area contributed by atoms with Crippen molar-refractivity contribution in [3.05, 3.63) is 0 Å². The van der Waals surface area contributed by atoms with E-state index in [2.05, 4.69) is 39.6 Å². The van der Waals surface area contributed by atoms with Crippen LogP contribution in [0.15, 0.2) is 0 Å². The molecule has 1 heterocycles. The van der Waals surface area contributed by atoms with E-state index in [1.165, 1.54) is 32.4 Å². The minimum Gasteiger partial charge on any atom is -0.306 e. The van der Waals surface area contributed by atoms with Crippen LogP contribution < -0.4 is 0 Å². The Balaban J connectivity index is -0.000000239. The fourth-order valence-corrected chi connectivity index (χ4v) is 2.01. The molecule has 1 fully saturated rings. The molecule has 108 valence electrons. The zero-order chi connectivity index (χ0) is 14.3. The molecule has 0 aromatic carbocycles. The van der Waals surface area contributed by atoms with Gasteiger partial charge in [0.15, 0.2) is 0 Å². The van der Waals surface area contributed by atoms with Gasteiger partial charge in [0.1, 0.15) is 0 Å². The van der Waals surface area contributed by atoms with Crippen molar-refractivity contribution in [3.8, 4) is 0 Å². The van der Waals surface area contributed by atoms with Crippen LogP contribution in [0.25, 0.3) is 0 Å². The van der Waals surface area contributed by atoms with Crippen LogP contribution >= 0.6 is 0 Å². The lowest BCUT2D eigenvalue weighted by Gasteiger charge is -2.34. The van der Waals surface area contributed by atoms with Crippen molar-refractivity contribution < 1.29 is 0 Å². The molecule has 0 aromatic rings. The molecule has 2 unspecified atom stereocenters. The summed E-state index contributed by atoms with van der Waals surface area (Å²) in [5.74, 6) is 1.92. The number of rotatable bonds is 1. The molecule has 1 heteroatoms. The van der Waals surface area contributed by atoms with Crippen LogP contribution in [0, 0.1) is 11.8 Å². The van der Waals surface area contributed by atoms with Crippen LogP contribution in [-0.4, -0.2) is 25.0 Å². The second-order valence-corrected chi connectivity index (χ2v) is 4.40. The number of piperidine rings is 1. The van der Waals surface area contributed by atoms with Gasteiger partial charge in [-0.15, -0.1) is 0 Å². The molecule has 0 aliphatic carbocycles. The summed E-state index contributed by atoms with van der Waals surface area (Å²) in [4.78, 5) is 2.44. The van der Waals surface area contributed by atoms with Gasteiger partial charge in [0.25, 0.3) is 0 Å². The predicted octanol–water partition coefficient (Wildman–Crippen LogP) is 5.45. The standard InChI is InChI=1S/C9H19N.C3H8.2C2H6/c1-4-9-5-6-10(3)7-8(9)2;1-3-2;2*1-2/h8-9H,4-7H2,1-3H3;3H2,1-2H3;2*1-2H3. The highest BCUT2D eigenvalue weighted by Crippen LogP contribution is 2.24. The molecular formula is C16H39N. The predicted molar refractivity (Wildman–Crippen MR) is 83.7 cm³/mol. The summed E-state index contributed by atoms with van der Waals surface area (Å²) in [6.07, 6.45) is 4.03. The molecule has 0 spiro atoms. The smallest absolute Gasteiger partial charge is 0.000662 e. The monoisotopic (exact) mass is 245 g/mol. The molecule has 1 saturated heterocycles.